The van der Waals surface area contributed by atoms with Gasteiger partial charge in [0.15, 0.2) is 17.3 Å². The maximum absolute atomic E-state index is 15.4. The first-order valence-electron chi connectivity index (χ1n) is 14.2. The molecule has 2 amide bonds. The lowest BCUT2D eigenvalue weighted by molar-refractivity contribution is -0.114. The van der Waals surface area contributed by atoms with E-state index in [1.807, 2.05) is 0 Å². The van der Waals surface area contributed by atoms with Gasteiger partial charge in [-0.15, -0.1) is 0 Å². The molecule has 238 valence electrons. The summed E-state index contributed by atoms with van der Waals surface area (Å²) >= 11 is 0. The Balaban J connectivity index is 1.39. The molecule has 0 radical (unpaired) electrons. The zero-order chi connectivity index (χ0) is 33.5. The van der Waals surface area contributed by atoms with Crippen molar-refractivity contribution in [2.45, 2.75) is 13.8 Å². The molecule has 0 aliphatic carbocycles. The van der Waals surface area contributed by atoms with Crippen LogP contribution in [-0.2, 0) is 4.79 Å². The number of hydrogen-bond donors (Lipinski definition) is 4. The maximum atomic E-state index is 15.4. The highest BCUT2D eigenvalue weighted by atomic mass is 19.1. The Morgan fingerprint density at radius 2 is 1.81 bits per heavy atom. The molecule has 47 heavy (non-hydrogen) atoms. The minimum Gasteiger partial charge on any atom is -0.493 e. The van der Waals surface area contributed by atoms with E-state index in [9.17, 15) is 18.8 Å². The van der Waals surface area contributed by atoms with Crippen LogP contribution < -0.4 is 25.7 Å². The molecule has 5 rings (SSSR count). The van der Waals surface area contributed by atoms with Gasteiger partial charge >= 0.3 is 0 Å². The topological polar surface area (TPSA) is 151 Å². The van der Waals surface area contributed by atoms with Crippen LogP contribution in [-0.4, -0.2) is 39.2 Å². The summed E-state index contributed by atoms with van der Waals surface area (Å²) in [6.45, 7) is 3.24. The molecule has 11 nitrogen and oxygen atoms in total. The Morgan fingerprint density at radius 1 is 1.02 bits per heavy atom. The molecule has 3 aromatic heterocycles. The average Bonchev–Trinajstić information content (AvgIpc) is 3.53. The molecule has 0 spiro atoms. The van der Waals surface area contributed by atoms with Crippen LogP contribution in [0.25, 0.3) is 22.6 Å². The van der Waals surface area contributed by atoms with Crippen molar-refractivity contribution in [3.8, 4) is 28.3 Å². The van der Waals surface area contributed by atoms with Crippen LogP contribution in [0.5, 0.6) is 11.5 Å². The normalized spacial score (nSPS) is 11.1. The average molecular weight is 639 g/mol. The first-order valence-corrected chi connectivity index (χ1v) is 14.2. The molecule has 2 aromatic carbocycles. The molecule has 0 aliphatic rings. The number of aromatic nitrogens is 3. The van der Waals surface area contributed by atoms with Gasteiger partial charge in [0, 0.05) is 66.4 Å². The van der Waals surface area contributed by atoms with Gasteiger partial charge in [0.25, 0.3) is 11.5 Å². The fourth-order valence-electron chi connectivity index (χ4n) is 4.65. The standard InChI is InChI=1S/C34H28F2N6O5/c1-3-46-28-14-17-42(24-8-5-22(35)6-9-24)34(45)31(28)33(44)41-23-7-10-27(26(36)18-23)47-29(12-15-37)32-25(13-16-38-32)21-4-11-30(39-19-21)40-20(2)43/h4-19,37-38H,3H2,1-2H3,(H,41,44)(H,39,40,43)/b29-12+,37-15?. The van der Waals surface area contributed by atoms with Crippen molar-refractivity contribution in [3.63, 3.8) is 0 Å². The van der Waals surface area contributed by atoms with Gasteiger partial charge in [0.1, 0.15) is 22.9 Å². The number of halogens is 2. The fourth-order valence-corrected chi connectivity index (χ4v) is 4.65. The molecule has 0 unspecified atom stereocenters. The van der Waals surface area contributed by atoms with E-state index < -0.39 is 23.1 Å². The summed E-state index contributed by atoms with van der Waals surface area (Å²) in [6, 6.07) is 15.4. The number of aromatic amines is 1. The second-order valence-electron chi connectivity index (χ2n) is 9.92. The van der Waals surface area contributed by atoms with Gasteiger partial charge in [0.05, 0.1) is 12.3 Å². The van der Waals surface area contributed by atoms with Gasteiger partial charge in [-0.05, 0) is 67.6 Å². The molecule has 0 bridgehead atoms. The van der Waals surface area contributed by atoms with Crippen LogP contribution in [0, 0.1) is 17.0 Å². The molecular formula is C34H28F2N6O5. The van der Waals surface area contributed by atoms with E-state index in [1.54, 1.807) is 37.5 Å². The molecule has 0 aliphatic heterocycles. The van der Waals surface area contributed by atoms with E-state index in [2.05, 4.69) is 20.6 Å². The quantitative estimate of drug-likeness (QED) is 0.100. The lowest BCUT2D eigenvalue weighted by Crippen LogP contribution is -2.29. The molecule has 0 saturated carbocycles. The number of hydrogen-bond acceptors (Lipinski definition) is 7. The maximum Gasteiger partial charge on any atom is 0.271 e. The zero-order valence-corrected chi connectivity index (χ0v) is 25.1. The summed E-state index contributed by atoms with van der Waals surface area (Å²) in [5.74, 6) is -2.11. The molecule has 3 heterocycles. The predicted octanol–water partition coefficient (Wildman–Crippen LogP) is 6.18. The van der Waals surface area contributed by atoms with Crippen molar-refractivity contribution in [1.29, 1.82) is 5.41 Å². The van der Waals surface area contributed by atoms with Crippen molar-refractivity contribution in [1.82, 2.24) is 14.5 Å². The predicted molar refractivity (Wildman–Crippen MR) is 173 cm³/mol. The van der Waals surface area contributed by atoms with E-state index in [0.717, 1.165) is 12.3 Å². The summed E-state index contributed by atoms with van der Waals surface area (Å²) in [5.41, 5.74) is 1.06. The van der Waals surface area contributed by atoms with Crippen LogP contribution in [0.3, 0.4) is 0 Å². The number of rotatable bonds is 11. The fraction of sp³-hybridized carbons (Fsp3) is 0.0882. The third kappa shape index (κ3) is 7.31. The van der Waals surface area contributed by atoms with Crippen molar-refractivity contribution in [2.24, 2.45) is 0 Å². The van der Waals surface area contributed by atoms with E-state index in [0.29, 0.717) is 28.3 Å². The highest BCUT2D eigenvalue weighted by molar-refractivity contribution is 6.06. The number of anilines is 2. The molecular weight excluding hydrogens is 610 g/mol. The number of amides is 2. The summed E-state index contributed by atoms with van der Waals surface area (Å²) < 4.78 is 41.4. The van der Waals surface area contributed by atoms with Crippen molar-refractivity contribution in [2.75, 3.05) is 17.2 Å². The van der Waals surface area contributed by atoms with E-state index in [-0.39, 0.29) is 41.0 Å². The SMILES string of the molecule is CCOc1ccn(-c2ccc(F)cc2)c(=O)c1C(=O)Nc1ccc(O/C(=C/C=N)c2[nH]ccc2-c2ccc(NC(C)=O)nc2)c(F)c1. The number of ether oxygens (including phenoxy) is 2. The second-order valence-corrected chi connectivity index (χ2v) is 9.92. The smallest absolute Gasteiger partial charge is 0.271 e. The zero-order valence-electron chi connectivity index (χ0n) is 25.1. The van der Waals surface area contributed by atoms with E-state index >= 15 is 4.39 Å². The monoisotopic (exact) mass is 638 g/mol. The largest absolute Gasteiger partial charge is 0.493 e. The van der Waals surface area contributed by atoms with Gasteiger partial charge in [0.2, 0.25) is 5.91 Å². The molecule has 0 saturated heterocycles. The minimum atomic E-state index is -0.846. The minimum absolute atomic E-state index is 0.0249. The Bertz CT molecular complexity index is 2040. The summed E-state index contributed by atoms with van der Waals surface area (Å²) in [7, 11) is 0. The highest BCUT2D eigenvalue weighted by Gasteiger charge is 2.21. The summed E-state index contributed by atoms with van der Waals surface area (Å²) in [6.07, 6.45) is 6.93. The molecule has 4 N–H and O–H groups in total. The summed E-state index contributed by atoms with van der Waals surface area (Å²) in [4.78, 5) is 45.3. The molecule has 13 heteroatoms. The molecule has 0 atom stereocenters. The first-order chi connectivity index (χ1) is 22.7. The van der Waals surface area contributed by atoms with Crippen molar-refractivity contribution >= 4 is 35.3 Å². The van der Waals surface area contributed by atoms with Gasteiger partial charge in [-0.1, -0.05) is 0 Å². The van der Waals surface area contributed by atoms with Gasteiger partial charge in [-0.25, -0.2) is 13.8 Å². The van der Waals surface area contributed by atoms with Crippen molar-refractivity contribution in [3.05, 3.63) is 125 Å². The number of benzene rings is 2. The Kier molecular flexibility index (Phi) is 9.65. The first kappa shape index (κ1) is 32.0. The van der Waals surface area contributed by atoms with E-state index in [1.165, 1.54) is 66.2 Å². The highest BCUT2D eigenvalue weighted by Crippen LogP contribution is 2.32. The van der Waals surface area contributed by atoms with Crippen LogP contribution in [0.2, 0.25) is 0 Å². The summed E-state index contributed by atoms with van der Waals surface area (Å²) in [5, 5.41) is 12.7. The molecule has 0 fully saturated rings. The van der Waals surface area contributed by atoms with Crippen LogP contribution in [0.1, 0.15) is 29.9 Å². The molecule has 5 aromatic rings. The lowest BCUT2D eigenvalue weighted by atomic mass is 10.1. The number of pyridine rings is 2. The number of H-pyrrole nitrogens is 1. The number of nitrogens with one attached hydrogen (secondary N) is 4. The lowest BCUT2D eigenvalue weighted by Gasteiger charge is -2.15. The number of carbonyl (C=O) groups is 2. The van der Waals surface area contributed by atoms with Gasteiger partial charge in [-0.2, -0.15) is 0 Å². The van der Waals surface area contributed by atoms with Crippen LogP contribution >= 0.6 is 0 Å². The van der Waals surface area contributed by atoms with Crippen molar-refractivity contribution < 1.29 is 27.8 Å². The Labute approximate surface area is 267 Å². The van der Waals surface area contributed by atoms with Gasteiger partial charge in [-0.3, -0.25) is 19.0 Å². The third-order valence-electron chi connectivity index (χ3n) is 6.70. The van der Waals surface area contributed by atoms with Crippen LogP contribution in [0.15, 0.2) is 96.2 Å². The van der Waals surface area contributed by atoms with E-state index in [4.69, 9.17) is 14.9 Å². The Morgan fingerprint density at radius 3 is 2.47 bits per heavy atom. The number of nitrogens with zero attached hydrogens (tertiary/aromatic N) is 2. The second kappa shape index (κ2) is 14.2. The van der Waals surface area contributed by atoms with Crippen LogP contribution in [0.4, 0.5) is 20.3 Å². The number of allylic oxidation sites excluding steroid dienone is 1. The van der Waals surface area contributed by atoms with Gasteiger partial charge < -0.3 is 30.5 Å². The number of carbonyl (C=O) groups excluding carboxylic acids is 2. The Hall–Kier alpha value is -6.37. The third-order valence-corrected chi connectivity index (χ3v) is 6.70.